The van der Waals surface area contributed by atoms with E-state index in [2.05, 4.69) is 104 Å². The SMILES string of the molecule is CC/C=C\C/C=C\C/C=C\C/C=C\C/C=C\C/C=C\CCCCCCC(=O)NC(COP(=O)(O)OCCN)C(O)/C=C/CC/C=C/CCCCCCCC. The summed E-state index contributed by atoms with van der Waals surface area (Å²) < 4.78 is 22.0. The second-order valence-corrected chi connectivity index (χ2v) is 14.9. The Morgan fingerprint density at radius 3 is 1.65 bits per heavy atom. The maximum atomic E-state index is 12.7. The van der Waals surface area contributed by atoms with Gasteiger partial charge in [-0.3, -0.25) is 13.8 Å². The molecule has 1 amide bonds. The van der Waals surface area contributed by atoms with Crippen LogP contribution in [0.1, 0.15) is 149 Å². The van der Waals surface area contributed by atoms with Gasteiger partial charge in [0.1, 0.15) is 0 Å². The number of rotatable bonds is 37. The molecule has 0 bridgehead atoms. The Labute approximate surface area is 330 Å². The molecule has 0 aromatic heterocycles. The number of hydrogen-bond acceptors (Lipinski definition) is 6. The number of aliphatic hydroxyl groups excluding tert-OH is 1. The summed E-state index contributed by atoms with van der Waals surface area (Å²) in [7, 11) is -4.36. The molecule has 0 heterocycles. The molecule has 0 fully saturated rings. The molecule has 308 valence electrons. The van der Waals surface area contributed by atoms with E-state index in [-0.39, 0.29) is 25.7 Å². The number of allylic oxidation sites excluding steroid dienone is 15. The summed E-state index contributed by atoms with van der Waals surface area (Å²) in [6.45, 7) is 3.93. The predicted molar refractivity (Wildman–Crippen MR) is 230 cm³/mol. The van der Waals surface area contributed by atoms with Crippen molar-refractivity contribution in [2.75, 3.05) is 19.8 Å². The van der Waals surface area contributed by atoms with E-state index in [0.717, 1.165) is 89.9 Å². The van der Waals surface area contributed by atoms with Crippen LogP contribution in [0.25, 0.3) is 0 Å². The third kappa shape index (κ3) is 37.7. The molecule has 0 saturated carbocycles. The Morgan fingerprint density at radius 1 is 0.630 bits per heavy atom. The first-order chi connectivity index (χ1) is 26.4. The topological polar surface area (TPSA) is 131 Å². The van der Waals surface area contributed by atoms with Gasteiger partial charge in [0.25, 0.3) is 0 Å². The van der Waals surface area contributed by atoms with Crippen LogP contribution in [-0.2, 0) is 18.4 Å². The van der Waals surface area contributed by atoms with Crippen LogP contribution in [0, 0.1) is 0 Å². The number of amides is 1. The quantitative estimate of drug-likeness (QED) is 0.0281. The van der Waals surface area contributed by atoms with Gasteiger partial charge < -0.3 is 21.1 Å². The van der Waals surface area contributed by atoms with Gasteiger partial charge in [-0.15, -0.1) is 0 Å². The molecule has 0 aromatic rings. The molecule has 0 rings (SSSR count). The fraction of sp³-hybridized carbons (Fsp3) is 0.622. The highest BCUT2D eigenvalue weighted by atomic mass is 31.2. The Morgan fingerprint density at radius 2 is 1.09 bits per heavy atom. The Balaban J connectivity index is 4.32. The van der Waals surface area contributed by atoms with E-state index in [1.807, 2.05) is 6.08 Å². The van der Waals surface area contributed by atoms with Crippen LogP contribution in [0.3, 0.4) is 0 Å². The van der Waals surface area contributed by atoms with Gasteiger partial charge in [-0.1, -0.05) is 156 Å². The van der Waals surface area contributed by atoms with Crippen molar-refractivity contribution in [2.45, 2.75) is 161 Å². The van der Waals surface area contributed by atoms with Gasteiger partial charge >= 0.3 is 7.82 Å². The van der Waals surface area contributed by atoms with Crippen LogP contribution in [0.15, 0.2) is 97.2 Å². The second-order valence-electron chi connectivity index (χ2n) is 13.5. The molecule has 0 aromatic carbocycles. The number of hydrogen-bond donors (Lipinski definition) is 4. The van der Waals surface area contributed by atoms with Crippen LogP contribution < -0.4 is 11.1 Å². The van der Waals surface area contributed by atoms with Crippen molar-refractivity contribution in [3.05, 3.63) is 97.2 Å². The van der Waals surface area contributed by atoms with Gasteiger partial charge in [0, 0.05) is 13.0 Å². The van der Waals surface area contributed by atoms with Gasteiger partial charge in [-0.2, -0.15) is 0 Å². The number of phosphoric acid groups is 1. The summed E-state index contributed by atoms with van der Waals surface area (Å²) in [6.07, 6.45) is 54.6. The molecular weight excluding hydrogens is 695 g/mol. The minimum atomic E-state index is -4.36. The highest BCUT2D eigenvalue weighted by molar-refractivity contribution is 7.47. The first-order valence-corrected chi connectivity index (χ1v) is 22.4. The van der Waals surface area contributed by atoms with Crippen molar-refractivity contribution in [3.63, 3.8) is 0 Å². The maximum Gasteiger partial charge on any atom is 0.472 e. The smallest absolute Gasteiger partial charge is 0.387 e. The van der Waals surface area contributed by atoms with Crippen LogP contribution in [0.2, 0.25) is 0 Å². The van der Waals surface area contributed by atoms with Crippen LogP contribution in [-0.4, -0.2) is 47.8 Å². The lowest BCUT2D eigenvalue weighted by Crippen LogP contribution is -2.45. The summed E-state index contributed by atoms with van der Waals surface area (Å²) in [5.41, 5.74) is 5.36. The van der Waals surface area contributed by atoms with Crippen LogP contribution >= 0.6 is 7.82 Å². The number of nitrogens with one attached hydrogen (secondary N) is 1. The molecule has 0 aliphatic heterocycles. The third-order valence-corrected chi connectivity index (χ3v) is 9.38. The summed E-state index contributed by atoms with van der Waals surface area (Å²) in [5.74, 6) is -0.235. The monoisotopic (exact) mass is 773 g/mol. The molecule has 0 saturated heterocycles. The maximum absolute atomic E-state index is 12.7. The fourth-order valence-electron chi connectivity index (χ4n) is 5.27. The van der Waals surface area contributed by atoms with Crippen LogP contribution in [0.4, 0.5) is 0 Å². The minimum absolute atomic E-state index is 0.0637. The van der Waals surface area contributed by atoms with Crippen molar-refractivity contribution in [3.8, 4) is 0 Å². The minimum Gasteiger partial charge on any atom is -0.387 e. The highest BCUT2D eigenvalue weighted by Gasteiger charge is 2.26. The lowest BCUT2D eigenvalue weighted by Gasteiger charge is -2.23. The molecule has 0 spiro atoms. The van der Waals surface area contributed by atoms with Crippen molar-refractivity contribution in [2.24, 2.45) is 5.73 Å². The first kappa shape index (κ1) is 51.4. The Kier molecular flexibility index (Phi) is 38.2. The van der Waals surface area contributed by atoms with Gasteiger partial charge in [0.05, 0.1) is 25.4 Å². The van der Waals surface area contributed by atoms with Crippen molar-refractivity contribution < 1.29 is 28.4 Å². The van der Waals surface area contributed by atoms with Gasteiger partial charge in [0.15, 0.2) is 0 Å². The van der Waals surface area contributed by atoms with Gasteiger partial charge in [-0.25, -0.2) is 4.57 Å². The van der Waals surface area contributed by atoms with Gasteiger partial charge in [0.2, 0.25) is 5.91 Å². The molecule has 0 aliphatic carbocycles. The first-order valence-electron chi connectivity index (χ1n) is 20.9. The number of unbranched alkanes of at least 4 members (excludes halogenated alkanes) is 11. The zero-order valence-corrected chi connectivity index (χ0v) is 34.8. The number of aliphatic hydroxyl groups is 1. The van der Waals surface area contributed by atoms with E-state index in [9.17, 15) is 19.4 Å². The highest BCUT2D eigenvalue weighted by Crippen LogP contribution is 2.43. The zero-order valence-electron chi connectivity index (χ0n) is 33.9. The fourth-order valence-corrected chi connectivity index (χ4v) is 6.03. The molecule has 54 heavy (non-hydrogen) atoms. The second kappa shape index (κ2) is 40.1. The number of nitrogens with two attached hydrogens (primary N) is 1. The van der Waals surface area contributed by atoms with E-state index in [1.165, 1.54) is 38.5 Å². The standard InChI is InChI=1S/C45H77N2O6P/c1-3-5-7-9-11-13-15-17-18-19-20-21-22-23-24-25-26-27-29-31-33-35-37-39-45(49)47-43(42-53-54(50,51)52-41-40-46)44(48)38-36-34-32-30-28-16-14-12-10-8-6-4-2/h5,7,11,13,17-18,20-21,23-24,26-28,30,36,38,43-44,48H,3-4,6,8-10,12,14-16,19,22,25,29,31-35,37,39-42,46H2,1-2H3,(H,47,49)(H,50,51)/b7-5-,13-11-,18-17-,21-20-,24-23-,27-26-,30-28+,38-36+. The molecule has 0 aliphatic rings. The molecule has 3 atom stereocenters. The Hall–Kier alpha value is -2.58. The average Bonchev–Trinajstić information content (AvgIpc) is 3.16. The molecular formula is C45H77N2O6P. The van der Waals surface area contributed by atoms with Gasteiger partial charge in [-0.05, 0) is 83.5 Å². The van der Waals surface area contributed by atoms with Crippen LogP contribution in [0.5, 0.6) is 0 Å². The molecule has 8 nitrogen and oxygen atoms in total. The van der Waals surface area contributed by atoms with Crippen molar-refractivity contribution in [1.29, 1.82) is 0 Å². The zero-order chi connectivity index (χ0) is 39.6. The van der Waals surface area contributed by atoms with Crippen molar-refractivity contribution >= 4 is 13.7 Å². The summed E-state index contributed by atoms with van der Waals surface area (Å²) in [6, 6.07) is -0.896. The molecule has 3 unspecified atom stereocenters. The van der Waals surface area contributed by atoms with E-state index in [4.69, 9.17) is 14.8 Å². The summed E-state index contributed by atoms with van der Waals surface area (Å²) in [4.78, 5) is 22.6. The lowest BCUT2D eigenvalue weighted by molar-refractivity contribution is -0.123. The lowest BCUT2D eigenvalue weighted by atomic mass is 10.1. The number of phosphoric ester groups is 1. The van der Waals surface area contributed by atoms with E-state index in [1.54, 1.807) is 6.08 Å². The third-order valence-electron chi connectivity index (χ3n) is 8.39. The molecule has 5 N–H and O–H groups in total. The van der Waals surface area contributed by atoms with E-state index < -0.39 is 20.0 Å². The summed E-state index contributed by atoms with van der Waals surface area (Å²) in [5, 5.41) is 13.6. The predicted octanol–water partition coefficient (Wildman–Crippen LogP) is 11.6. The largest absolute Gasteiger partial charge is 0.472 e. The average molecular weight is 773 g/mol. The summed E-state index contributed by atoms with van der Waals surface area (Å²) >= 11 is 0. The van der Waals surface area contributed by atoms with E-state index >= 15 is 0 Å². The van der Waals surface area contributed by atoms with Crippen molar-refractivity contribution in [1.82, 2.24) is 5.32 Å². The van der Waals surface area contributed by atoms with E-state index in [0.29, 0.717) is 6.42 Å². The Bertz CT molecular complexity index is 1160. The normalized spacial score (nSPS) is 15.1. The number of carbonyl (C=O) groups excluding carboxylic acids is 1. The molecule has 0 radical (unpaired) electrons. The molecule has 9 heteroatoms. The number of carbonyl (C=O) groups is 1.